The molecule has 0 spiro atoms. The summed E-state index contributed by atoms with van der Waals surface area (Å²) in [5.41, 5.74) is 0. The van der Waals surface area contributed by atoms with Gasteiger partial charge >= 0.3 is 0 Å². The second-order valence-electron chi connectivity index (χ2n) is 0.289. The Balaban J connectivity index is 0. The summed E-state index contributed by atoms with van der Waals surface area (Å²) in [6.45, 7) is 6.50. The van der Waals surface area contributed by atoms with Crippen molar-refractivity contribution in [3.8, 4) is 0 Å². The van der Waals surface area contributed by atoms with E-state index in [1.54, 1.807) is 0 Å². The van der Waals surface area contributed by atoms with E-state index in [4.69, 9.17) is 0 Å². The van der Waals surface area contributed by atoms with E-state index in [-0.39, 0.29) is 31.1 Å². The van der Waals surface area contributed by atoms with Gasteiger partial charge in [-0.15, -0.1) is 0 Å². The molecule has 0 aromatic carbocycles. The zero-order valence-electron chi connectivity index (χ0n) is 2.49. The van der Waals surface area contributed by atoms with Gasteiger partial charge in [-0.2, -0.15) is 0 Å². The minimum absolute atomic E-state index is 0. The molecule has 0 amide bonds. The van der Waals surface area contributed by atoms with Gasteiger partial charge < -0.3 is 0 Å². The van der Waals surface area contributed by atoms with Crippen LogP contribution in [0.25, 0.3) is 0 Å². The third kappa shape index (κ3) is 16.8. The fourth-order valence-corrected chi connectivity index (χ4v) is 0. The molecule has 0 aromatic heterocycles. The number of hydrogen-bond donors (Lipinski definition) is 0. The summed E-state index contributed by atoms with van der Waals surface area (Å²) in [7, 11) is 0. The molecule has 0 rings (SSSR count). The first-order valence-electron chi connectivity index (χ1n) is 0.816. The van der Waals surface area contributed by atoms with Gasteiger partial charge in [0.1, 0.15) is 0 Å². The predicted octanol–water partition coefficient (Wildman–Crippen LogP) is 1.01. The molecule has 0 aliphatic carbocycles. The van der Waals surface area contributed by atoms with E-state index in [1.807, 2.05) is 0 Å². The third-order valence-electron chi connectivity index (χ3n) is 0. The largest absolute Gasteiger partial charge is 0.245 e. The van der Waals surface area contributed by atoms with Crippen molar-refractivity contribution in [3.05, 3.63) is 19.6 Å². The molecule has 0 unspecified atom stereocenters. The Bertz CT molecular complexity index is 10.8. The van der Waals surface area contributed by atoms with Crippen LogP contribution in [0.4, 0.5) is 0 Å². The van der Waals surface area contributed by atoms with Crippen molar-refractivity contribution < 1.29 is 31.1 Å². The normalized spacial score (nSPS) is 3.00. The Morgan fingerprint density at radius 1 is 1.75 bits per heavy atom. The van der Waals surface area contributed by atoms with Crippen LogP contribution < -0.4 is 0 Å². The van der Waals surface area contributed by atoms with Crippen LogP contribution in [0.3, 0.4) is 0 Å². The molecular formula is C3H5U-. The summed E-state index contributed by atoms with van der Waals surface area (Å²) in [6, 6.07) is 0. The van der Waals surface area contributed by atoms with Crippen molar-refractivity contribution in [2.45, 2.75) is 0 Å². The van der Waals surface area contributed by atoms with Crippen LogP contribution >= 0.6 is 0 Å². The molecule has 0 N–H and O–H groups in total. The molecule has 0 saturated heterocycles. The van der Waals surface area contributed by atoms with Gasteiger partial charge in [0.15, 0.2) is 0 Å². The Labute approximate surface area is 50.7 Å². The van der Waals surface area contributed by atoms with E-state index in [2.05, 4.69) is 13.5 Å². The van der Waals surface area contributed by atoms with Gasteiger partial charge in [-0.1, -0.05) is 0 Å². The van der Waals surface area contributed by atoms with E-state index in [1.165, 1.54) is 6.08 Å². The molecule has 0 atom stereocenters. The smallest absolute Gasteiger partial charge is 0 e. The third-order valence-corrected chi connectivity index (χ3v) is 0. The zero-order valence-corrected chi connectivity index (χ0v) is 6.66. The van der Waals surface area contributed by atoms with Crippen LogP contribution in [0.15, 0.2) is 12.7 Å². The van der Waals surface area contributed by atoms with Gasteiger partial charge in [0.25, 0.3) is 0 Å². The second kappa shape index (κ2) is 9.39. The Morgan fingerprint density at radius 2 is 1.75 bits per heavy atom. The quantitative estimate of drug-likeness (QED) is 0.580. The van der Waals surface area contributed by atoms with Crippen molar-refractivity contribution in [2.24, 2.45) is 0 Å². The average molecular weight is 279 g/mol. The predicted molar refractivity (Wildman–Crippen MR) is 15.6 cm³/mol. The summed E-state index contributed by atoms with van der Waals surface area (Å²) >= 11 is 0. The summed E-state index contributed by atoms with van der Waals surface area (Å²) in [4.78, 5) is 0. The molecule has 22 valence electrons. The zero-order chi connectivity index (χ0) is 2.71. The van der Waals surface area contributed by atoms with Crippen LogP contribution in [0.5, 0.6) is 0 Å². The molecule has 0 aromatic rings. The second-order valence-corrected chi connectivity index (χ2v) is 0.289. The Morgan fingerprint density at radius 3 is 1.75 bits per heavy atom. The molecular weight excluding hydrogens is 274 g/mol. The molecule has 1 heteroatoms. The first-order valence-corrected chi connectivity index (χ1v) is 0.816. The van der Waals surface area contributed by atoms with Crippen molar-refractivity contribution in [1.29, 1.82) is 0 Å². The van der Waals surface area contributed by atoms with Crippen molar-refractivity contribution >= 4 is 0 Å². The maximum atomic E-state index is 3.25. The maximum absolute atomic E-state index is 3.25. The van der Waals surface area contributed by atoms with E-state index in [0.717, 1.165) is 0 Å². The molecule has 0 fully saturated rings. The molecule has 0 radical (unpaired) electrons. The van der Waals surface area contributed by atoms with Crippen molar-refractivity contribution in [2.75, 3.05) is 0 Å². The van der Waals surface area contributed by atoms with Crippen LogP contribution in [-0.4, -0.2) is 0 Å². The fraction of sp³-hybridized carbons (Fsp3) is 0. The number of rotatable bonds is 0. The van der Waals surface area contributed by atoms with E-state index < -0.39 is 0 Å². The van der Waals surface area contributed by atoms with E-state index in [0.29, 0.717) is 0 Å². The molecule has 0 bridgehead atoms. The molecule has 0 saturated carbocycles. The molecule has 0 aliphatic heterocycles. The van der Waals surface area contributed by atoms with Gasteiger partial charge in [0, 0.05) is 31.1 Å². The van der Waals surface area contributed by atoms with Gasteiger partial charge in [0.2, 0.25) is 0 Å². The SMILES string of the molecule is C=C[CH2-].[U]. The van der Waals surface area contributed by atoms with Crippen molar-refractivity contribution in [1.82, 2.24) is 0 Å². The van der Waals surface area contributed by atoms with Crippen LogP contribution in [0.2, 0.25) is 0 Å². The standard InChI is InChI=1S/C3H5.U/c1-3-2;/h3H,1-2H2;/q-1;. The van der Waals surface area contributed by atoms with Crippen LogP contribution in [-0.2, 0) is 0 Å². The molecule has 4 heavy (non-hydrogen) atoms. The van der Waals surface area contributed by atoms with Gasteiger partial charge in [-0.25, -0.2) is 19.6 Å². The van der Waals surface area contributed by atoms with Crippen molar-refractivity contribution in [3.63, 3.8) is 0 Å². The van der Waals surface area contributed by atoms with E-state index >= 15 is 0 Å². The van der Waals surface area contributed by atoms with Gasteiger partial charge in [-0.05, 0) is 0 Å². The van der Waals surface area contributed by atoms with Crippen LogP contribution in [0.1, 0.15) is 0 Å². The molecule has 0 nitrogen and oxygen atoms in total. The first kappa shape index (κ1) is 8.82. The number of allylic oxidation sites excluding steroid dienone is 1. The number of hydrogen-bond acceptors (Lipinski definition) is 0. The Kier molecular flexibility index (Phi) is 20.7. The Hall–Kier alpha value is 0.662. The summed E-state index contributed by atoms with van der Waals surface area (Å²) < 4.78 is 0. The summed E-state index contributed by atoms with van der Waals surface area (Å²) in [6.07, 6.45) is 1.50. The summed E-state index contributed by atoms with van der Waals surface area (Å²) in [5.74, 6) is 0. The van der Waals surface area contributed by atoms with Gasteiger partial charge in [0.05, 0.1) is 0 Å². The van der Waals surface area contributed by atoms with Gasteiger partial charge in [-0.3, -0.25) is 0 Å². The monoisotopic (exact) mass is 279 g/mol. The minimum Gasteiger partial charge on any atom is -0.245 e. The van der Waals surface area contributed by atoms with Crippen LogP contribution in [0, 0.1) is 38.0 Å². The molecule has 0 heterocycles. The fourth-order valence-electron chi connectivity index (χ4n) is 0. The molecule has 0 aliphatic rings. The minimum atomic E-state index is 0. The maximum Gasteiger partial charge on any atom is 0 e. The topological polar surface area (TPSA) is 0 Å². The van der Waals surface area contributed by atoms with E-state index in [9.17, 15) is 0 Å². The average Bonchev–Trinajstić information content (AvgIpc) is 0.918. The summed E-state index contributed by atoms with van der Waals surface area (Å²) in [5, 5.41) is 0. The first-order chi connectivity index (χ1) is 1.41.